The van der Waals surface area contributed by atoms with Crippen molar-refractivity contribution < 1.29 is 9.84 Å². The van der Waals surface area contributed by atoms with E-state index in [0.717, 1.165) is 35.4 Å². The maximum Gasteiger partial charge on any atom is 0.121 e. The van der Waals surface area contributed by atoms with Crippen molar-refractivity contribution in [2.24, 2.45) is 5.92 Å². The molecule has 2 unspecified atom stereocenters. The van der Waals surface area contributed by atoms with Gasteiger partial charge < -0.3 is 20.1 Å². The number of ether oxygens (including phenoxy) is 1. The average molecular weight is 343 g/mol. The predicted molar refractivity (Wildman–Crippen MR) is 102 cm³/mol. The third-order valence-electron chi connectivity index (χ3n) is 4.88. The summed E-state index contributed by atoms with van der Waals surface area (Å²) in [7, 11) is 1.66. The molecule has 2 heterocycles. The number of anilines is 1. The highest BCUT2D eigenvalue weighted by Gasteiger charge is 2.27. The van der Waals surface area contributed by atoms with Gasteiger partial charge in [-0.2, -0.15) is 0 Å². The van der Waals surface area contributed by atoms with Crippen LogP contribution < -0.4 is 10.1 Å². The van der Waals surface area contributed by atoms with Crippen LogP contribution in [0.15, 0.2) is 30.5 Å². The fraction of sp³-hybridized carbons (Fsp3) is 0.550. The number of rotatable bonds is 6. The molecule has 3 rings (SSSR count). The van der Waals surface area contributed by atoms with Crippen LogP contribution in [0.1, 0.15) is 26.7 Å². The maximum atomic E-state index is 10.9. The third-order valence-corrected chi connectivity index (χ3v) is 4.88. The summed E-state index contributed by atoms with van der Waals surface area (Å²) in [5, 5.41) is 15.3. The number of likely N-dealkylation sites (tertiary alicyclic amines) is 1. The van der Waals surface area contributed by atoms with Gasteiger partial charge in [-0.15, -0.1) is 0 Å². The molecule has 136 valence electrons. The molecular weight excluding hydrogens is 314 g/mol. The molecular formula is C20H29N3O2. The number of nitrogens with one attached hydrogen (secondary N) is 1. The number of hydrogen-bond donors (Lipinski definition) is 2. The van der Waals surface area contributed by atoms with Gasteiger partial charge in [0.2, 0.25) is 0 Å². The van der Waals surface area contributed by atoms with E-state index in [0.29, 0.717) is 19.0 Å². The fourth-order valence-electron chi connectivity index (χ4n) is 3.67. The van der Waals surface area contributed by atoms with Crippen LogP contribution in [0.2, 0.25) is 0 Å². The predicted octanol–water partition coefficient (Wildman–Crippen LogP) is 3.14. The van der Waals surface area contributed by atoms with Gasteiger partial charge in [0.05, 0.1) is 23.9 Å². The number of aromatic nitrogens is 1. The van der Waals surface area contributed by atoms with E-state index in [1.165, 1.54) is 12.8 Å². The van der Waals surface area contributed by atoms with Gasteiger partial charge >= 0.3 is 0 Å². The minimum Gasteiger partial charge on any atom is -0.497 e. The van der Waals surface area contributed by atoms with Crippen molar-refractivity contribution in [2.45, 2.75) is 32.3 Å². The summed E-state index contributed by atoms with van der Waals surface area (Å²) >= 11 is 0. The number of piperidine rings is 1. The summed E-state index contributed by atoms with van der Waals surface area (Å²) < 4.78 is 5.39. The van der Waals surface area contributed by atoms with Crippen LogP contribution in [0.4, 0.5) is 5.69 Å². The van der Waals surface area contributed by atoms with Crippen molar-refractivity contribution >= 4 is 16.6 Å². The van der Waals surface area contributed by atoms with Crippen molar-refractivity contribution in [1.29, 1.82) is 0 Å². The van der Waals surface area contributed by atoms with Gasteiger partial charge in [-0.25, -0.2) is 0 Å². The monoisotopic (exact) mass is 343 g/mol. The normalized spacial score (nSPS) is 21.0. The topological polar surface area (TPSA) is 57.6 Å². The number of nitrogens with zero attached hydrogens (tertiary/aromatic N) is 2. The average Bonchev–Trinajstić information content (AvgIpc) is 2.59. The lowest BCUT2D eigenvalue weighted by Gasteiger charge is -2.36. The van der Waals surface area contributed by atoms with Crippen molar-refractivity contribution in [2.75, 3.05) is 38.6 Å². The van der Waals surface area contributed by atoms with Gasteiger partial charge in [0.15, 0.2) is 0 Å². The van der Waals surface area contributed by atoms with Gasteiger partial charge in [0.1, 0.15) is 5.75 Å². The number of β-amino-alcohol motifs (C(OH)–C–C–N with tert-alkyl or cyclic N) is 1. The van der Waals surface area contributed by atoms with E-state index in [2.05, 4.69) is 22.1 Å². The Bertz CT molecular complexity index is 717. The molecule has 0 spiro atoms. The third kappa shape index (κ3) is 4.61. The molecule has 1 fully saturated rings. The zero-order valence-electron chi connectivity index (χ0n) is 15.5. The van der Waals surface area contributed by atoms with Gasteiger partial charge in [0, 0.05) is 37.3 Å². The molecule has 0 saturated carbocycles. The van der Waals surface area contributed by atoms with Crippen molar-refractivity contribution in [3.05, 3.63) is 30.5 Å². The van der Waals surface area contributed by atoms with Crippen LogP contribution in [0.25, 0.3) is 10.9 Å². The molecule has 0 radical (unpaired) electrons. The molecule has 1 aromatic carbocycles. The SMILES string of the molecule is COc1cc(NCC(C)(O)CN2CCCC(C)C2)c2ncccc2c1. The first kappa shape index (κ1) is 18.0. The fourth-order valence-corrected chi connectivity index (χ4v) is 3.67. The van der Waals surface area contributed by atoms with E-state index >= 15 is 0 Å². The molecule has 25 heavy (non-hydrogen) atoms. The van der Waals surface area contributed by atoms with E-state index in [1.807, 2.05) is 31.2 Å². The van der Waals surface area contributed by atoms with Crippen LogP contribution in [0.5, 0.6) is 5.75 Å². The van der Waals surface area contributed by atoms with Gasteiger partial charge in [-0.05, 0) is 44.4 Å². The molecule has 0 amide bonds. The highest BCUT2D eigenvalue weighted by molar-refractivity contribution is 5.91. The lowest BCUT2D eigenvalue weighted by molar-refractivity contribution is 0.0185. The summed E-state index contributed by atoms with van der Waals surface area (Å²) in [6, 6.07) is 7.84. The first-order valence-electron chi connectivity index (χ1n) is 9.08. The van der Waals surface area contributed by atoms with Crippen LogP contribution in [-0.4, -0.2) is 53.9 Å². The lowest BCUT2D eigenvalue weighted by Crippen LogP contribution is -2.48. The van der Waals surface area contributed by atoms with Crippen molar-refractivity contribution in [1.82, 2.24) is 9.88 Å². The molecule has 0 aliphatic carbocycles. The van der Waals surface area contributed by atoms with E-state index in [-0.39, 0.29) is 0 Å². The Kier molecular flexibility index (Phi) is 5.45. The van der Waals surface area contributed by atoms with Crippen molar-refractivity contribution in [3.63, 3.8) is 0 Å². The van der Waals surface area contributed by atoms with Crippen LogP contribution in [0.3, 0.4) is 0 Å². The highest BCUT2D eigenvalue weighted by Crippen LogP contribution is 2.28. The maximum absolute atomic E-state index is 10.9. The van der Waals surface area contributed by atoms with Crippen LogP contribution in [0, 0.1) is 5.92 Å². The molecule has 0 bridgehead atoms. The second kappa shape index (κ2) is 7.58. The second-order valence-electron chi connectivity index (χ2n) is 7.58. The van der Waals surface area contributed by atoms with E-state index in [4.69, 9.17) is 4.74 Å². The molecule has 1 saturated heterocycles. The standard InChI is InChI=1S/C20H29N3O2/c1-15-6-5-9-23(12-15)14-20(2,24)13-22-18-11-17(25-3)10-16-7-4-8-21-19(16)18/h4,7-8,10-11,15,22,24H,5-6,9,12-14H2,1-3H3. The number of hydrogen-bond acceptors (Lipinski definition) is 5. The number of aliphatic hydroxyl groups is 1. The smallest absolute Gasteiger partial charge is 0.121 e. The zero-order valence-corrected chi connectivity index (χ0v) is 15.5. The van der Waals surface area contributed by atoms with Gasteiger partial charge in [0.25, 0.3) is 0 Å². The Hall–Kier alpha value is -1.85. The van der Waals surface area contributed by atoms with Crippen molar-refractivity contribution in [3.8, 4) is 5.75 Å². The van der Waals surface area contributed by atoms with Crippen LogP contribution >= 0.6 is 0 Å². The number of fused-ring (bicyclic) bond motifs is 1. The lowest BCUT2D eigenvalue weighted by atomic mass is 9.98. The quantitative estimate of drug-likeness (QED) is 0.844. The number of methoxy groups -OCH3 is 1. The molecule has 2 atom stereocenters. The Balaban J connectivity index is 1.70. The van der Waals surface area contributed by atoms with E-state index < -0.39 is 5.60 Å². The minimum absolute atomic E-state index is 0.469. The summed E-state index contributed by atoms with van der Waals surface area (Å²) in [5.41, 5.74) is 0.981. The Morgan fingerprint density at radius 1 is 1.44 bits per heavy atom. The van der Waals surface area contributed by atoms with Crippen LogP contribution in [-0.2, 0) is 0 Å². The number of pyridine rings is 1. The number of benzene rings is 1. The molecule has 5 nitrogen and oxygen atoms in total. The molecule has 1 aliphatic rings. The molecule has 5 heteroatoms. The van der Waals surface area contributed by atoms with Gasteiger partial charge in [-0.1, -0.05) is 13.0 Å². The Morgan fingerprint density at radius 2 is 2.28 bits per heavy atom. The summed E-state index contributed by atoms with van der Waals surface area (Å²) in [5.74, 6) is 1.50. The highest BCUT2D eigenvalue weighted by atomic mass is 16.5. The second-order valence-corrected chi connectivity index (χ2v) is 7.58. The van der Waals surface area contributed by atoms with Gasteiger partial charge in [-0.3, -0.25) is 4.98 Å². The first-order chi connectivity index (χ1) is 12.0. The molecule has 1 aromatic heterocycles. The Labute approximate surface area is 150 Å². The van der Waals surface area contributed by atoms with E-state index in [9.17, 15) is 5.11 Å². The molecule has 2 N–H and O–H groups in total. The largest absolute Gasteiger partial charge is 0.497 e. The molecule has 1 aliphatic heterocycles. The zero-order chi connectivity index (χ0) is 17.9. The van der Waals surface area contributed by atoms with E-state index in [1.54, 1.807) is 13.3 Å². The first-order valence-corrected chi connectivity index (χ1v) is 9.08. The summed E-state index contributed by atoms with van der Waals surface area (Å²) in [6.45, 7) is 7.47. The Morgan fingerprint density at radius 3 is 3.04 bits per heavy atom. The molecule has 2 aromatic rings. The summed E-state index contributed by atoms with van der Waals surface area (Å²) in [4.78, 5) is 6.85. The summed E-state index contributed by atoms with van der Waals surface area (Å²) in [6.07, 6.45) is 4.29. The minimum atomic E-state index is -0.804.